The van der Waals surface area contributed by atoms with Gasteiger partial charge in [0.25, 0.3) is 11.8 Å². The Balaban J connectivity index is 0.901. The Morgan fingerprint density at radius 2 is 1.34 bits per heavy atom. The Bertz CT molecular complexity index is 2430. The lowest BCUT2D eigenvalue weighted by Gasteiger charge is -2.27. The summed E-state index contributed by atoms with van der Waals surface area (Å²) < 4.78 is 5.46. The maximum Gasteiger partial charge on any atom is 0.338 e. The zero-order chi connectivity index (χ0) is 36.5. The maximum atomic E-state index is 13.8. The van der Waals surface area contributed by atoms with Gasteiger partial charge in [-0.2, -0.15) is 0 Å². The summed E-state index contributed by atoms with van der Waals surface area (Å²) in [4.78, 5) is 101. The van der Waals surface area contributed by atoms with E-state index in [0.29, 0.717) is 45.9 Å². The summed E-state index contributed by atoms with van der Waals surface area (Å²) >= 11 is 0. The van der Waals surface area contributed by atoms with Crippen molar-refractivity contribution in [2.45, 2.75) is 38.0 Å². The van der Waals surface area contributed by atoms with E-state index in [1.165, 1.54) is 23.1 Å². The SMILES string of the molecule is O=C(OCCCN1C(=O)c2cccc3cccc(c23)C1=O)c1ccc2c(c1)C(=O)C(c1ccc3cccc(N4C(=O)C5CCCCC5C4=O)c3n1)C2=O. The van der Waals surface area contributed by atoms with Crippen molar-refractivity contribution in [2.75, 3.05) is 18.1 Å². The van der Waals surface area contributed by atoms with Gasteiger partial charge in [-0.15, -0.1) is 0 Å². The van der Waals surface area contributed by atoms with Crippen LogP contribution in [0.15, 0.2) is 84.9 Å². The molecule has 5 aromatic rings. The number of carbonyl (C=O) groups is 7. The van der Waals surface area contributed by atoms with Crippen molar-refractivity contribution in [3.63, 3.8) is 0 Å². The molecule has 0 N–H and O–H groups in total. The summed E-state index contributed by atoms with van der Waals surface area (Å²) in [6, 6.07) is 23.3. The van der Waals surface area contributed by atoms with Crippen molar-refractivity contribution >= 4 is 68.5 Å². The lowest BCUT2D eigenvalue weighted by molar-refractivity contribution is -0.122. The molecule has 0 bridgehead atoms. The number of carbonyl (C=O) groups excluding carboxylic acids is 7. The standard InChI is InChI=1S/C42H31N3O8/c46-36-25-17-15-24(42(52)53-20-6-19-44-38(48)28-12-3-7-22-8-4-13-29(33(22)28)39(44)49)21-30(25)37(47)34(36)31-18-16-23-9-5-14-32(35(23)43-31)45-40(50)26-10-1-2-11-27(26)41(45)51/h3-5,7-9,12-18,21,26-27,34H,1-2,6,10-11,19-20H2. The Morgan fingerprint density at radius 3 is 2.04 bits per heavy atom. The minimum atomic E-state index is -1.27. The number of amides is 4. The number of benzene rings is 4. The van der Waals surface area contributed by atoms with Crippen molar-refractivity contribution in [3.8, 4) is 0 Å². The summed E-state index contributed by atoms with van der Waals surface area (Å²) in [7, 11) is 0. The van der Waals surface area contributed by atoms with Gasteiger partial charge in [-0.1, -0.05) is 55.3 Å². The number of rotatable bonds is 7. The number of anilines is 1. The molecule has 11 nitrogen and oxygen atoms in total. The average molecular weight is 706 g/mol. The number of ketones is 2. The van der Waals surface area contributed by atoms with Crippen molar-refractivity contribution < 1.29 is 38.3 Å². The first-order chi connectivity index (χ1) is 25.7. The van der Waals surface area contributed by atoms with Crippen LogP contribution in [0.25, 0.3) is 21.7 Å². The van der Waals surface area contributed by atoms with Crippen LogP contribution in [0.3, 0.4) is 0 Å². The highest BCUT2D eigenvalue weighted by Gasteiger charge is 2.49. The molecule has 1 saturated carbocycles. The van der Waals surface area contributed by atoms with Crippen molar-refractivity contribution in [3.05, 3.63) is 118 Å². The minimum absolute atomic E-state index is 0.0379. The molecule has 3 atom stereocenters. The van der Waals surface area contributed by atoms with Crippen molar-refractivity contribution in [2.24, 2.45) is 11.8 Å². The van der Waals surface area contributed by atoms with Gasteiger partial charge in [0.15, 0.2) is 11.6 Å². The van der Waals surface area contributed by atoms with E-state index >= 15 is 0 Å². The quantitative estimate of drug-likeness (QED) is 0.0851. The van der Waals surface area contributed by atoms with E-state index in [1.807, 2.05) is 12.1 Å². The number of pyridine rings is 1. The lowest BCUT2D eigenvalue weighted by Crippen LogP contribution is -2.41. The monoisotopic (exact) mass is 705 g/mol. The molecule has 4 aliphatic rings. The fourth-order valence-electron chi connectivity index (χ4n) is 8.43. The minimum Gasteiger partial charge on any atom is -0.462 e. The van der Waals surface area contributed by atoms with Gasteiger partial charge in [0.1, 0.15) is 5.92 Å². The van der Waals surface area contributed by atoms with Gasteiger partial charge in [0.05, 0.1) is 40.9 Å². The van der Waals surface area contributed by atoms with Crippen LogP contribution in [-0.4, -0.2) is 64.2 Å². The van der Waals surface area contributed by atoms with E-state index in [9.17, 15) is 33.6 Å². The van der Waals surface area contributed by atoms with E-state index < -0.39 is 35.3 Å². The Labute approximate surface area is 302 Å². The van der Waals surface area contributed by atoms with Gasteiger partial charge < -0.3 is 4.74 Å². The number of aromatic nitrogens is 1. The normalized spacial score (nSPS) is 20.8. The molecule has 3 heterocycles. The smallest absolute Gasteiger partial charge is 0.338 e. The summed E-state index contributed by atoms with van der Waals surface area (Å²) in [6.45, 7) is -0.0581. The number of imide groups is 2. The molecule has 262 valence electrons. The van der Waals surface area contributed by atoms with Crippen LogP contribution >= 0.6 is 0 Å². The predicted molar refractivity (Wildman–Crippen MR) is 192 cm³/mol. The van der Waals surface area contributed by atoms with Gasteiger partial charge in [-0.3, -0.25) is 33.7 Å². The first-order valence-electron chi connectivity index (χ1n) is 17.8. The number of Topliss-reactive ketones (excluding diaryl/α,β-unsaturated/α-hetero) is 2. The lowest BCUT2D eigenvalue weighted by atomic mass is 9.81. The second kappa shape index (κ2) is 12.4. The molecule has 53 heavy (non-hydrogen) atoms. The number of nitrogens with zero attached hydrogens (tertiary/aromatic N) is 3. The van der Waals surface area contributed by atoms with Crippen molar-refractivity contribution in [1.82, 2.24) is 9.88 Å². The van der Waals surface area contributed by atoms with E-state index in [4.69, 9.17) is 9.72 Å². The number of hydrogen-bond donors (Lipinski definition) is 0. The van der Waals surface area contributed by atoms with Gasteiger partial charge in [-0.05, 0) is 67.1 Å². The van der Waals surface area contributed by atoms with Gasteiger partial charge in [0.2, 0.25) is 11.8 Å². The summed E-state index contributed by atoms with van der Waals surface area (Å²) in [5.74, 6) is -4.98. The van der Waals surface area contributed by atoms with E-state index in [1.54, 1.807) is 54.6 Å². The third kappa shape index (κ3) is 5.02. The zero-order valence-electron chi connectivity index (χ0n) is 28.4. The first kappa shape index (κ1) is 32.5. The van der Waals surface area contributed by atoms with Crippen LogP contribution in [0.5, 0.6) is 0 Å². The highest BCUT2D eigenvalue weighted by atomic mass is 16.5. The molecular formula is C42H31N3O8. The van der Waals surface area contributed by atoms with Crippen LogP contribution in [0, 0.1) is 11.8 Å². The molecule has 11 heteroatoms. The van der Waals surface area contributed by atoms with Gasteiger partial charge >= 0.3 is 5.97 Å². The van der Waals surface area contributed by atoms with Crippen LogP contribution in [-0.2, 0) is 14.3 Å². The number of fused-ring (bicyclic) bond motifs is 3. The molecule has 2 aliphatic carbocycles. The van der Waals surface area contributed by atoms with Crippen LogP contribution in [0.2, 0.25) is 0 Å². The molecule has 0 spiro atoms. The van der Waals surface area contributed by atoms with Crippen LogP contribution < -0.4 is 4.90 Å². The topological polar surface area (TPSA) is 148 Å². The fraction of sp³-hybridized carbons (Fsp3) is 0.238. The maximum absolute atomic E-state index is 13.8. The molecule has 1 aromatic heterocycles. The molecule has 2 aliphatic heterocycles. The Hall–Kier alpha value is -6.36. The molecule has 9 rings (SSSR count). The Morgan fingerprint density at radius 1 is 0.698 bits per heavy atom. The molecular weight excluding hydrogens is 674 g/mol. The number of hydrogen-bond acceptors (Lipinski definition) is 9. The van der Waals surface area contributed by atoms with Crippen molar-refractivity contribution in [1.29, 1.82) is 0 Å². The summed E-state index contributed by atoms with van der Waals surface area (Å²) in [5.41, 5.74) is 2.03. The van der Waals surface area contributed by atoms with Crippen LogP contribution in [0.1, 0.15) is 95.5 Å². The average Bonchev–Trinajstić information content (AvgIpc) is 3.59. The number of para-hydroxylation sites is 1. The molecule has 3 unspecified atom stereocenters. The van der Waals surface area contributed by atoms with Gasteiger partial charge in [0, 0.05) is 39.6 Å². The van der Waals surface area contributed by atoms with E-state index in [-0.39, 0.29) is 65.6 Å². The molecule has 2 fully saturated rings. The zero-order valence-corrected chi connectivity index (χ0v) is 28.4. The molecule has 4 aromatic carbocycles. The second-order valence-corrected chi connectivity index (χ2v) is 14.0. The first-order valence-corrected chi connectivity index (χ1v) is 17.8. The largest absolute Gasteiger partial charge is 0.462 e. The highest BCUT2D eigenvalue weighted by molar-refractivity contribution is 6.30. The molecule has 0 radical (unpaired) electrons. The second-order valence-electron chi connectivity index (χ2n) is 14.0. The fourth-order valence-corrected chi connectivity index (χ4v) is 8.43. The molecule has 1 saturated heterocycles. The van der Waals surface area contributed by atoms with Crippen LogP contribution in [0.4, 0.5) is 5.69 Å². The van der Waals surface area contributed by atoms with Gasteiger partial charge in [-0.25, -0.2) is 14.7 Å². The number of esters is 1. The highest BCUT2D eigenvalue weighted by Crippen LogP contribution is 2.42. The van der Waals surface area contributed by atoms with E-state index in [0.717, 1.165) is 23.1 Å². The predicted octanol–water partition coefficient (Wildman–Crippen LogP) is 6.07. The summed E-state index contributed by atoms with van der Waals surface area (Å²) in [5, 5.41) is 2.09. The molecule has 4 amide bonds. The number of ether oxygens (including phenoxy) is 1. The summed E-state index contributed by atoms with van der Waals surface area (Å²) in [6.07, 6.45) is 3.32. The third-order valence-corrected chi connectivity index (χ3v) is 11.0. The third-order valence-electron chi connectivity index (χ3n) is 11.0. The Kier molecular flexibility index (Phi) is 7.61. The van der Waals surface area contributed by atoms with E-state index in [2.05, 4.69) is 0 Å².